The van der Waals surface area contributed by atoms with E-state index in [1.807, 2.05) is 19.0 Å². The Bertz CT molecular complexity index is 357. The lowest BCUT2D eigenvalue weighted by molar-refractivity contribution is -0.121. The fourth-order valence-electron chi connectivity index (χ4n) is 1.36. The van der Waals surface area contributed by atoms with Crippen LogP contribution in [-0.4, -0.2) is 83.8 Å². The van der Waals surface area contributed by atoms with Gasteiger partial charge in [0.2, 0.25) is 15.9 Å². The molecule has 0 heterocycles. The molecule has 0 unspecified atom stereocenters. The summed E-state index contributed by atoms with van der Waals surface area (Å²) in [5.41, 5.74) is 0. The van der Waals surface area contributed by atoms with Crippen molar-refractivity contribution < 1.29 is 17.9 Å². The molecule has 0 spiro atoms. The molecule has 0 aromatic carbocycles. The summed E-state index contributed by atoms with van der Waals surface area (Å²) in [6, 6.07) is 0. The summed E-state index contributed by atoms with van der Waals surface area (Å²) < 4.78 is 29.3. The Labute approximate surface area is 115 Å². The number of sulfonamides is 1. The first-order valence-electron chi connectivity index (χ1n) is 6.13. The van der Waals surface area contributed by atoms with Crippen LogP contribution in [0, 0.1) is 0 Å². The van der Waals surface area contributed by atoms with Gasteiger partial charge < -0.3 is 15.0 Å². The van der Waals surface area contributed by atoms with Gasteiger partial charge in [-0.05, 0) is 14.1 Å². The van der Waals surface area contributed by atoms with Crippen molar-refractivity contribution in [2.24, 2.45) is 0 Å². The van der Waals surface area contributed by atoms with E-state index in [0.29, 0.717) is 26.2 Å². The molecule has 0 aromatic rings. The Balaban J connectivity index is 4.16. The number of carbonyl (C=O) groups is 1. The number of likely N-dealkylation sites (N-methyl/N-ethyl adjacent to an activating group) is 1. The molecule has 0 rings (SSSR count). The van der Waals surface area contributed by atoms with E-state index in [0.717, 1.165) is 6.26 Å². The minimum atomic E-state index is -3.28. The zero-order valence-electron chi connectivity index (χ0n) is 12.2. The molecule has 0 aliphatic heterocycles. The van der Waals surface area contributed by atoms with Gasteiger partial charge in [0.25, 0.3) is 0 Å². The van der Waals surface area contributed by atoms with Gasteiger partial charge in [-0.25, -0.2) is 12.7 Å². The minimum absolute atomic E-state index is 0.157. The van der Waals surface area contributed by atoms with Gasteiger partial charge >= 0.3 is 0 Å². The second-order valence-corrected chi connectivity index (χ2v) is 6.54. The smallest absolute Gasteiger partial charge is 0.221 e. The Kier molecular flexibility index (Phi) is 8.90. The van der Waals surface area contributed by atoms with Crippen molar-refractivity contribution in [1.82, 2.24) is 14.5 Å². The molecule has 0 aliphatic carbocycles. The van der Waals surface area contributed by atoms with E-state index in [-0.39, 0.29) is 18.9 Å². The quantitative estimate of drug-likeness (QED) is 0.521. The third-order valence-electron chi connectivity index (χ3n) is 2.48. The Morgan fingerprint density at radius 2 is 1.84 bits per heavy atom. The van der Waals surface area contributed by atoms with E-state index < -0.39 is 10.0 Å². The third-order valence-corrected chi connectivity index (χ3v) is 3.79. The maximum Gasteiger partial charge on any atom is 0.221 e. The summed E-state index contributed by atoms with van der Waals surface area (Å²) in [6.07, 6.45) is 1.32. The van der Waals surface area contributed by atoms with Crippen molar-refractivity contribution in [2.45, 2.75) is 6.42 Å². The highest BCUT2D eigenvalue weighted by molar-refractivity contribution is 7.88. The summed E-state index contributed by atoms with van der Waals surface area (Å²) in [7, 11) is 2.02. The van der Waals surface area contributed by atoms with Crippen LogP contribution in [0.15, 0.2) is 0 Å². The lowest BCUT2D eigenvalue weighted by Gasteiger charge is -2.21. The van der Waals surface area contributed by atoms with Crippen LogP contribution < -0.4 is 5.32 Å². The molecule has 7 nitrogen and oxygen atoms in total. The lowest BCUT2D eigenvalue weighted by Crippen LogP contribution is -2.39. The fourth-order valence-corrected chi connectivity index (χ4v) is 2.20. The van der Waals surface area contributed by atoms with Crippen LogP contribution in [0.2, 0.25) is 0 Å². The topological polar surface area (TPSA) is 79.0 Å². The van der Waals surface area contributed by atoms with Gasteiger partial charge in [0.15, 0.2) is 0 Å². The first-order valence-corrected chi connectivity index (χ1v) is 7.97. The second kappa shape index (κ2) is 9.24. The molecule has 0 aromatic heterocycles. The summed E-state index contributed by atoms with van der Waals surface area (Å²) in [4.78, 5) is 13.4. The lowest BCUT2D eigenvalue weighted by atomic mass is 10.4. The van der Waals surface area contributed by atoms with E-state index in [1.54, 1.807) is 7.11 Å². The number of ether oxygens (including phenoxy) is 1. The van der Waals surface area contributed by atoms with Crippen LogP contribution in [0.1, 0.15) is 6.42 Å². The van der Waals surface area contributed by atoms with Crippen molar-refractivity contribution in [3.05, 3.63) is 0 Å². The number of hydrogen-bond acceptors (Lipinski definition) is 5. The van der Waals surface area contributed by atoms with E-state index in [9.17, 15) is 13.2 Å². The standard InChI is InChI=1S/C11H25N3O4S/c1-13(2)8-9-14(19(4,16)17)7-5-11(15)12-6-10-18-3/h5-10H2,1-4H3,(H,12,15). The molecule has 0 fully saturated rings. The summed E-state index contributed by atoms with van der Waals surface area (Å²) in [5, 5.41) is 2.66. The van der Waals surface area contributed by atoms with E-state index >= 15 is 0 Å². The molecule has 0 bridgehead atoms. The number of methoxy groups -OCH3 is 1. The van der Waals surface area contributed by atoms with Crippen LogP contribution >= 0.6 is 0 Å². The van der Waals surface area contributed by atoms with Crippen LogP contribution in [0.3, 0.4) is 0 Å². The second-order valence-electron chi connectivity index (χ2n) is 4.56. The maximum absolute atomic E-state index is 11.6. The summed E-state index contributed by atoms with van der Waals surface area (Å²) >= 11 is 0. The number of rotatable bonds is 10. The maximum atomic E-state index is 11.6. The molecule has 19 heavy (non-hydrogen) atoms. The predicted octanol–water partition coefficient (Wildman–Crippen LogP) is -1.04. The molecule has 1 amide bonds. The van der Waals surface area contributed by atoms with E-state index in [4.69, 9.17) is 4.74 Å². The largest absolute Gasteiger partial charge is 0.383 e. The number of hydrogen-bond donors (Lipinski definition) is 1. The van der Waals surface area contributed by atoms with Gasteiger partial charge in [-0.1, -0.05) is 0 Å². The fraction of sp³-hybridized carbons (Fsp3) is 0.909. The van der Waals surface area contributed by atoms with Gasteiger partial charge in [0.1, 0.15) is 0 Å². The number of nitrogens with one attached hydrogen (secondary N) is 1. The highest BCUT2D eigenvalue weighted by Gasteiger charge is 2.17. The van der Waals surface area contributed by atoms with Crippen molar-refractivity contribution in [3.63, 3.8) is 0 Å². The molecule has 0 saturated heterocycles. The average molecular weight is 295 g/mol. The monoisotopic (exact) mass is 295 g/mol. The van der Waals surface area contributed by atoms with Crippen LogP contribution in [0.4, 0.5) is 0 Å². The molecule has 8 heteroatoms. The first-order chi connectivity index (χ1) is 8.77. The van der Waals surface area contributed by atoms with Crippen molar-refractivity contribution in [2.75, 3.05) is 60.2 Å². The van der Waals surface area contributed by atoms with Gasteiger partial charge in [0.05, 0.1) is 12.9 Å². The zero-order chi connectivity index (χ0) is 14.9. The van der Waals surface area contributed by atoms with E-state index in [1.165, 1.54) is 4.31 Å². The van der Waals surface area contributed by atoms with Crippen LogP contribution in [0.25, 0.3) is 0 Å². The van der Waals surface area contributed by atoms with Gasteiger partial charge in [-0.2, -0.15) is 0 Å². The predicted molar refractivity (Wildman–Crippen MR) is 74.5 cm³/mol. The van der Waals surface area contributed by atoms with E-state index in [2.05, 4.69) is 5.32 Å². The molecular formula is C11H25N3O4S. The molecule has 114 valence electrons. The molecule has 0 radical (unpaired) electrons. The summed E-state index contributed by atoms with van der Waals surface area (Å²) in [5.74, 6) is -0.171. The van der Waals surface area contributed by atoms with Gasteiger partial charge in [0, 0.05) is 39.7 Å². The van der Waals surface area contributed by atoms with Crippen molar-refractivity contribution in [3.8, 4) is 0 Å². The normalized spacial score (nSPS) is 12.1. The Morgan fingerprint density at radius 3 is 2.32 bits per heavy atom. The van der Waals surface area contributed by atoms with Gasteiger partial charge in [-0.3, -0.25) is 4.79 Å². The molecule has 0 saturated carbocycles. The van der Waals surface area contributed by atoms with Crippen molar-refractivity contribution in [1.29, 1.82) is 0 Å². The average Bonchev–Trinajstić information content (AvgIpc) is 2.27. The van der Waals surface area contributed by atoms with Crippen molar-refractivity contribution >= 4 is 15.9 Å². The summed E-state index contributed by atoms with van der Waals surface area (Å²) in [6.45, 7) is 2.09. The first kappa shape index (κ1) is 18.3. The van der Waals surface area contributed by atoms with Crippen LogP contribution in [0.5, 0.6) is 0 Å². The van der Waals surface area contributed by atoms with Crippen LogP contribution in [-0.2, 0) is 19.6 Å². The molecular weight excluding hydrogens is 270 g/mol. The molecule has 0 aliphatic rings. The molecule has 0 atom stereocenters. The number of nitrogens with zero attached hydrogens (tertiary/aromatic N) is 2. The SMILES string of the molecule is COCCNC(=O)CCN(CCN(C)C)S(C)(=O)=O. The molecule has 1 N–H and O–H groups in total. The number of amides is 1. The third kappa shape index (κ3) is 9.83. The highest BCUT2D eigenvalue weighted by atomic mass is 32.2. The highest BCUT2D eigenvalue weighted by Crippen LogP contribution is 2.00. The Morgan fingerprint density at radius 1 is 1.21 bits per heavy atom. The zero-order valence-corrected chi connectivity index (χ0v) is 13.0. The number of carbonyl (C=O) groups excluding carboxylic acids is 1. The minimum Gasteiger partial charge on any atom is -0.383 e. The van der Waals surface area contributed by atoms with Gasteiger partial charge in [-0.15, -0.1) is 0 Å². The Hall–Kier alpha value is -0.700.